The van der Waals surface area contributed by atoms with E-state index in [1.807, 2.05) is 74.6 Å². The van der Waals surface area contributed by atoms with Gasteiger partial charge in [-0.05, 0) is 43.4 Å². The van der Waals surface area contributed by atoms with Gasteiger partial charge in [0.05, 0.1) is 17.4 Å². The Balaban J connectivity index is 1.57. The summed E-state index contributed by atoms with van der Waals surface area (Å²) in [6.07, 6.45) is 2.20. The fourth-order valence-electron chi connectivity index (χ4n) is 3.57. The number of anilines is 1. The first-order valence-corrected chi connectivity index (χ1v) is 9.52. The molecule has 4 rings (SSSR count). The van der Waals surface area contributed by atoms with Crippen LogP contribution in [0.25, 0.3) is 5.69 Å². The lowest BCUT2D eigenvalue weighted by Gasteiger charge is -2.19. The molecule has 3 aromatic rings. The quantitative estimate of drug-likeness (QED) is 0.712. The predicted octanol–water partition coefficient (Wildman–Crippen LogP) is 3.76. The second-order valence-corrected chi connectivity index (χ2v) is 7.26. The number of amides is 2. The number of nitrogens with one attached hydrogen (secondary N) is 2. The van der Waals surface area contributed by atoms with Crippen LogP contribution < -0.4 is 16.2 Å². The van der Waals surface area contributed by atoms with E-state index in [1.54, 1.807) is 9.36 Å². The van der Waals surface area contributed by atoms with Crippen LogP contribution in [-0.2, 0) is 7.05 Å². The molecule has 1 fully saturated rings. The van der Waals surface area contributed by atoms with E-state index >= 15 is 0 Å². The second-order valence-electron chi connectivity index (χ2n) is 7.26. The highest BCUT2D eigenvalue weighted by molar-refractivity contribution is 5.90. The molecule has 1 heterocycles. The average Bonchev–Trinajstić information content (AvgIpc) is 3.53. The first-order valence-electron chi connectivity index (χ1n) is 9.52. The zero-order valence-electron chi connectivity index (χ0n) is 16.1. The molecular weight excluding hydrogens is 352 g/mol. The van der Waals surface area contributed by atoms with Crippen LogP contribution in [0.4, 0.5) is 10.5 Å². The van der Waals surface area contributed by atoms with Crippen molar-refractivity contribution in [2.45, 2.75) is 25.8 Å². The molecule has 28 heavy (non-hydrogen) atoms. The minimum Gasteiger partial charge on any atom is -0.331 e. The van der Waals surface area contributed by atoms with E-state index in [2.05, 4.69) is 10.6 Å². The first kappa shape index (κ1) is 18.1. The lowest BCUT2D eigenvalue weighted by molar-refractivity contribution is 0.247. The number of urea groups is 1. The van der Waals surface area contributed by atoms with E-state index in [4.69, 9.17) is 0 Å². The molecule has 2 amide bonds. The zero-order valence-corrected chi connectivity index (χ0v) is 16.1. The molecule has 0 saturated heterocycles. The topological polar surface area (TPSA) is 68.1 Å². The SMILES string of the molecule is Cc1c(NC(=O)NC(c2ccccc2)C2CC2)c(=O)n(-c2ccccc2)n1C. The third kappa shape index (κ3) is 3.45. The highest BCUT2D eigenvalue weighted by atomic mass is 16.2. The molecule has 1 aromatic heterocycles. The molecule has 0 bridgehead atoms. The van der Waals surface area contributed by atoms with Gasteiger partial charge in [0.1, 0.15) is 5.69 Å². The van der Waals surface area contributed by atoms with Gasteiger partial charge in [-0.1, -0.05) is 48.5 Å². The van der Waals surface area contributed by atoms with Gasteiger partial charge in [0, 0.05) is 7.05 Å². The highest BCUT2D eigenvalue weighted by Gasteiger charge is 2.33. The van der Waals surface area contributed by atoms with Crippen molar-refractivity contribution in [3.05, 3.63) is 82.3 Å². The van der Waals surface area contributed by atoms with E-state index in [9.17, 15) is 9.59 Å². The molecule has 1 atom stereocenters. The van der Waals surface area contributed by atoms with Crippen LogP contribution in [0.2, 0.25) is 0 Å². The number of carbonyl (C=O) groups is 1. The van der Waals surface area contributed by atoms with Gasteiger partial charge in [-0.2, -0.15) is 0 Å². The largest absolute Gasteiger partial charge is 0.331 e. The molecule has 6 heteroatoms. The van der Waals surface area contributed by atoms with E-state index in [-0.39, 0.29) is 17.6 Å². The minimum absolute atomic E-state index is 0.0402. The van der Waals surface area contributed by atoms with Gasteiger partial charge in [-0.15, -0.1) is 0 Å². The zero-order chi connectivity index (χ0) is 19.7. The third-order valence-electron chi connectivity index (χ3n) is 5.33. The number of benzene rings is 2. The number of hydrogen-bond donors (Lipinski definition) is 2. The summed E-state index contributed by atoms with van der Waals surface area (Å²) < 4.78 is 3.31. The molecular formula is C22H24N4O2. The molecule has 1 saturated carbocycles. The molecule has 144 valence electrons. The van der Waals surface area contributed by atoms with Crippen molar-refractivity contribution in [1.82, 2.24) is 14.7 Å². The highest BCUT2D eigenvalue weighted by Crippen LogP contribution is 2.40. The maximum Gasteiger partial charge on any atom is 0.319 e. The van der Waals surface area contributed by atoms with E-state index in [0.717, 1.165) is 24.1 Å². The monoisotopic (exact) mass is 376 g/mol. The average molecular weight is 376 g/mol. The van der Waals surface area contributed by atoms with Gasteiger partial charge < -0.3 is 10.6 Å². The Morgan fingerprint density at radius 1 is 1.04 bits per heavy atom. The summed E-state index contributed by atoms with van der Waals surface area (Å²) in [7, 11) is 1.81. The molecule has 1 unspecified atom stereocenters. The van der Waals surface area contributed by atoms with Crippen molar-refractivity contribution < 1.29 is 4.79 Å². The Morgan fingerprint density at radius 2 is 1.64 bits per heavy atom. The molecule has 1 aliphatic carbocycles. The van der Waals surface area contributed by atoms with Crippen molar-refractivity contribution >= 4 is 11.7 Å². The summed E-state index contributed by atoms with van der Waals surface area (Å²) in [5, 5.41) is 5.85. The summed E-state index contributed by atoms with van der Waals surface area (Å²) in [6.45, 7) is 1.83. The van der Waals surface area contributed by atoms with Gasteiger partial charge in [0.15, 0.2) is 0 Å². The van der Waals surface area contributed by atoms with Crippen LogP contribution in [0.3, 0.4) is 0 Å². The van der Waals surface area contributed by atoms with Gasteiger partial charge in [-0.25, -0.2) is 9.48 Å². The van der Waals surface area contributed by atoms with E-state index in [0.29, 0.717) is 17.3 Å². The molecule has 2 N–H and O–H groups in total. The van der Waals surface area contributed by atoms with Gasteiger partial charge >= 0.3 is 6.03 Å². The summed E-state index contributed by atoms with van der Waals surface area (Å²) in [5.74, 6) is 0.450. The van der Waals surface area contributed by atoms with Crippen molar-refractivity contribution in [2.24, 2.45) is 13.0 Å². The summed E-state index contributed by atoms with van der Waals surface area (Å²) in [4.78, 5) is 25.7. The third-order valence-corrected chi connectivity index (χ3v) is 5.33. The Hall–Kier alpha value is -3.28. The van der Waals surface area contributed by atoms with Crippen molar-refractivity contribution in [1.29, 1.82) is 0 Å². The fourth-order valence-corrected chi connectivity index (χ4v) is 3.57. The lowest BCUT2D eigenvalue weighted by atomic mass is 10.0. The molecule has 0 spiro atoms. The number of carbonyl (C=O) groups excluding carboxylic acids is 1. The Bertz CT molecular complexity index is 1030. The van der Waals surface area contributed by atoms with Crippen molar-refractivity contribution in [2.75, 3.05) is 5.32 Å². The molecule has 1 aliphatic rings. The van der Waals surface area contributed by atoms with E-state index < -0.39 is 0 Å². The number of para-hydroxylation sites is 1. The number of rotatable bonds is 5. The van der Waals surface area contributed by atoms with Crippen LogP contribution >= 0.6 is 0 Å². The molecule has 0 aliphatic heterocycles. The van der Waals surface area contributed by atoms with Crippen LogP contribution in [0.15, 0.2) is 65.5 Å². The lowest BCUT2D eigenvalue weighted by Crippen LogP contribution is -2.35. The molecule has 2 aromatic carbocycles. The van der Waals surface area contributed by atoms with E-state index in [1.165, 1.54) is 0 Å². The second kappa shape index (κ2) is 7.38. The van der Waals surface area contributed by atoms with Crippen molar-refractivity contribution in [3.8, 4) is 5.69 Å². The molecule has 6 nitrogen and oxygen atoms in total. The summed E-state index contributed by atoms with van der Waals surface area (Å²) >= 11 is 0. The Kier molecular flexibility index (Phi) is 4.77. The predicted molar refractivity (Wildman–Crippen MR) is 110 cm³/mol. The normalized spacial score (nSPS) is 14.5. The summed E-state index contributed by atoms with van der Waals surface area (Å²) in [6, 6.07) is 19.0. The Labute approximate surface area is 163 Å². The first-order chi connectivity index (χ1) is 13.6. The van der Waals surface area contributed by atoms with Gasteiger partial charge in [0.25, 0.3) is 5.56 Å². The van der Waals surface area contributed by atoms with Crippen LogP contribution in [-0.4, -0.2) is 15.4 Å². The standard InChI is InChI=1S/C22H24N4O2/c1-15-19(21(27)26(25(15)2)18-11-7-4-8-12-18)23-22(28)24-20(17-13-14-17)16-9-5-3-6-10-16/h3-12,17,20H,13-14H2,1-2H3,(H2,23,24,28). The Morgan fingerprint density at radius 3 is 2.25 bits per heavy atom. The number of hydrogen-bond acceptors (Lipinski definition) is 2. The number of aromatic nitrogens is 2. The molecule has 0 radical (unpaired) electrons. The van der Waals surface area contributed by atoms with Gasteiger partial charge in [-0.3, -0.25) is 9.48 Å². The maximum atomic E-state index is 12.9. The maximum absolute atomic E-state index is 12.9. The van der Waals surface area contributed by atoms with Gasteiger partial charge in [0.2, 0.25) is 0 Å². The van der Waals surface area contributed by atoms with Crippen molar-refractivity contribution in [3.63, 3.8) is 0 Å². The van der Waals surface area contributed by atoms with Crippen LogP contribution in [0.5, 0.6) is 0 Å². The van der Waals surface area contributed by atoms with Crippen LogP contribution in [0.1, 0.15) is 30.1 Å². The summed E-state index contributed by atoms with van der Waals surface area (Å²) in [5.41, 5.74) is 2.60. The minimum atomic E-state index is -0.355. The fraction of sp³-hybridized carbons (Fsp3) is 0.273. The smallest absolute Gasteiger partial charge is 0.319 e. The van der Waals surface area contributed by atoms with Crippen LogP contribution in [0, 0.1) is 12.8 Å². The number of nitrogens with zero attached hydrogens (tertiary/aromatic N) is 2.